The number of ether oxygens (including phenoxy) is 3. The summed E-state index contributed by atoms with van der Waals surface area (Å²) in [5.41, 5.74) is 0. The molecule has 0 rings (SSSR count). The Hall–Kier alpha value is -3.41. The van der Waals surface area contributed by atoms with E-state index in [-0.39, 0.29) is 31.1 Å². The first-order valence-corrected chi connectivity index (χ1v) is 34.1. The number of unbranched alkanes of at least 4 members (excludes halogenated alkanes) is 37. The van der Waals surface area contributed by atoms with Crippen molar-refractivity contribution in [1.82, 2.24) is 0 Å². The molecule has 0 aliphatic rings. The molecule has 0 saturated heterocycles. The summed E-state index contributed by atoms with van der Waals surface area (Å²) in [7, 11) is 0. The molecule has 0 saturated carbocycles. The van der Waals surface area contributed by atoms with Crippen molar-refractivity contribution in [2.45, 2.75) is 348 Å². The third kappa shape index (κ3) is 65.3. The van der Waals surface area contributed by atoms with Gasteiger partial charge in [0.2, 0.25) is 0 Å². The van der Waals surface area contributed by atoms with Crippen LogP contribution in [-0.2, 0) is 28.6 Å². The SMILES string of the molecule is CC/C=C\C/C=C\C/C=C\C/C=C\C/C=C\CCCCCCCCCCCCCCCCCCCCCC(=O)OCC(COC(=O)CCCCCCC/C=C\CCCCCC)OC(=O)CCCCCCC/C=C\CCCCCC. The van der Waals surface area contributed by atoms with Crippen LogP contribution in [0.5, 0.6) is 0 Å². The predicted octanol–water partition coefficient (Wildman–Crippen LogP) is 23.4. The third-order valence-electron chi connectivity index (χ3n) is 14.9. The van der Waals surface area contributed by atoms with Crippen molar-refractivity contribution in [3.8, 4) is 0 Å². The fraction of sp³-hybridized carbons (Fsp3) is 0.767. The summed E-state index contributed by atoms with van der Waals surface area (Å²) >= 11 is 0. The number of hydrogen-bond acceptors (Lipinski definition) is 6. The maximum Gasteiger partial charge on any atom is 0.306 e. The zero-order valence-electron chi connectivity index (χ0n) is 52.4. The first kappa shape index (κ1) is 75.6. The van der Waals surface area contributed by atoms with Gasteiger partial charge in [0.1, 0.15) is 13.2 Å². The zero-order valence-corrected chi connectivity index (χ0v) is 52.4. The molecule has 0 amide bonds. The van der Waals surface area contributed by atoms with Crippen molar-refractivity contribution in [3.63, 3.8) is 0 Å². The second kappa shape index (κ2) is 67.1. The third-order valence-corrected chi connectivity index (χ3v) is 14.9. The van der Waals surface area contributed by atoms with E-state index in [2.05, 4.69) is 106 Å². The lowest BCUT2D eigenvalue weighted by atomic mass is 10.0. The number of carbonyl (C=O) groups is 3. The normalized spacial score (nSPS) is 12.6. The molecule has 0 bridgehead atoms. The molecule has 1 unspecified atom stereocenters. The van der Waals surface area contributed by atoms with Gasteiger partial charge in [-0.15, -0.1) is 0 Å². The summed E-state index contributed by atoms with van der Waals surface area (Å²) < 4.78 is 16.9. The average molecular weight is 1100 g/mol. The van der Waals surface area contributed by atoms with E-state index >= 15 is 0 Å². The maximum absolute atomic E-state index is 12.9. The molecule has 1 atom stereocenters. The molecule has 79 heavy (non-hydrogen) atoms. The van der Waals surface area contributed by atoms with Crippen molar-refractivity contribution in [1.29, 1.82) is 0 Å². The van der Waals surface area contributed by atoms with Crippen LogP contribution in [0.15, 0.2) is 85.1 Å². The number of hydrogen-bond donors (Lipinski definition) is 0. The molecule has 0 heterocycles. The van der Waals surface area contributed by atoms with Gasteiger partial charge in [0.15, 0.2) is 6.10 Å². The van der Waals surface area contributed by atoms with E-state index < -0.39 is 6.10 Å². The minimum atomic E-state index is -0.781. The number of esters is 3. The van der Waals surface area contributed by atoms with Crippen LogP contribution >= 0.6 is 0 Å². The van der Waals surface area contributed by atoms with Crippen LogP contribution in [0.2, 0.25) is 0 Å². The second-order valence-electron chi connectivity index (χ2n) is 22.7. The van der Waals surface area contributed by atoms with Gasteiger partial charge in [0, 0.05) is 19.3 Å². The Morgan fingerprint density at radius 3 is 0.785 bits per heavy atom. The van der Waals surface area contributed by atoms with Crippen LogP contribution in [0.25, 0.3) is 0 Å². The van der Waals surface area contributed by atoms with Crippen LogP contribution < -0.4 is 0 Å². The molecule has 0 aliphatic carbocycles. The van der Waals surface area contributed by atoms with E-state index in [0.717, 1.165) is 109 Å². The molecule has 0 radical (unpaired) electrons. The van der Waals surface area contributed by atoms with Gasteiger partial charge in [-0.1, -0.05) is 292 Å². The summed E-state index contributed by atoms with van der Waals surface area (Å²) in [5, 5.41) is 0. The highest BCUT2D eigenvalue weighted by atomic mass is 16.6. The molecule has 0 fully saturated rings. The number of rotatable bonds is 62. The van der Waals surface area contributed by atoms with Crippen LogP contribution in [-0.4, -0.2) is 37.2 Å². The monoisotopic (exact) mass is 1100 g/mol. The van der Waals surface area contributed by atoms with E-state index in [1.165, 1.54) is 193 Å². The fourth-order valence-electron chi connectivity index (χ4n) is 9.76. The summed E-state index contributed by atoms with van der Waals surface area (Å²) in [4.78, 5) is 38.2. The number of allylic oxidation sites excluding steroid dienone is 14. The Morgan fingerprint density at radius 1 is 0.266 bits per heavy atom. The van der Waals surface area contributed by atoms with Crippen LogP contribution in [0.4, 0.5) is 0 Å². The molecule has 6 nitrogen and oxygen atoms in total. The summed E-state index contributed by atoms with van der Waals surface area (Å²) in [6.45, 7) is 6.51. The van der Waals surface area contributed by atoms with Crippen LogP contribution in [0.3, 0.4) is 0 Å². The zero-order chi connectivity index (χ0) is 57.1. The topological polar surface area (TPSA) is 78.9 Å². The Morgan fingerprint density at radius 2 is 0.494 bits per heavy atom. The smallest absolute Gasteiger partial charge is 0.306 e. The van der Waals surface area contributed by atoms with Crippen molar-refractivity contribution in [2.75, 3.05) is 13.2 Å². The lowest BCUT2D eigenvalue weighted by Gasteiger charge is -2.18. The van der Waals surface area contributed by atoms with Crippen molar-refractivity contribution >= 4 is 17.9 Å². The lowest BCUT2D eigenvalue weighted by Crippen LogP contribution is -2.30. The minimum Gasteiger partial charge on any atom is -0.462 e. The van der Waals surface area contributed by atoms with Crippen LogP contribution in [0.1, 0.15) is 342 Å². The molecule has 0 spiro atoms. The molecular formula is C73H128O6. The maximum atomic E-state index is 12.9. The lowest BCUT2D eigenvalue weighted by molar-refractivity contribution is -0.167. The Kier molecular flexibility index (Phi) is 64.2. The molecule has 456 valence electrons. The quantitative estimate of drug-likeness (QED) is 0.0261. The Balaban J connectivity index is 4.08. The van der Waals surface area contributed by atoms with Crippen molar-refractivity contribution < 1.29 is 28.6 Å². The van der Waals surface area contributed by atoms with Crippen molar-refractivity contribution in [3.05, 3.63) is 85.1 Å². The fourth-order valence-corrected chi connectivity index (χ4v) is 9.76. The average Bonchev–Trinajstić information content (AvgIpc) is 3.45. The van der Waals surface area contributed by atoms with Gasteiger partial charge in [-0.05, 0) is 116 Å². The highest BCUT2D eigenvalue weighted by Crippen LogP contribution is 2.17. The highest BCUT2D eigenvalue weighted by Gasteiger charge is 2.19. The summed E-state index contributed by atoms with van der Waals surface area (Å²) in [5.74, 6) is -0.881. The van der Waals surface area contributed by atoms with Crippen LogP contribution in [0, 0.1) is 0 Å². The van der Waals surface area contributed by atoms with E-state index in [1.807, 2.05) is 0 Å². The summed E-state index contributed by atoms with van der Waals surface area (Å²) in [6, 6.07) is 0. The first-order valence-electron chi connectivity index (χ1n) is 34.1. The Labute approximate surface area is 490 Å². The van der Waals surface area contributed by atoms with Gasteiger partial charge < -0.3 is 14.2 Å². The van der Waals surface area contributed by atoms with E-state index in [4.69, 9.17) is 14.2 Å². The second-order valence-corrected chi connectivity index (χ2v) is 22.7. The molecule has 0 aliphatic heterocycles. The minimum absolute atomic E-state index is 0.0779. The number of carbonyl (C=O) groups excluding carboxylic acids is 3. The predicted molar refractivity (Wildman–Crippen MR) is 344 cm³/mol. The molecular weight excluding hydrogens is 973 g/mol. The van der Waals surface area contributed by atoms with E-state index in [1.54, 1.807) is 0 Å². The molecule has 0 aromatic rings. The van der Waals surface area contributed by atoms with Gasteiger partial charge in [0.05, 0.1) is 0 Å². The first-order chi connectivity index (χ1) is 39.0. The van der Waals surface area contributed by atoms with Gasteiger partial charge in [-0.2, -0.15) is 0 Å². The summed E-state index contributed by atoms with van der Waals surface area (Å²) in [6.07, 6.45) is 89.1. The van der Waals surface area contributed by atoms with E-state index in [9.17, 15) is 14.4 Å². The van der Waals surface area contributed by atoms with E-state index in [0.29, 0.717) is 19.3 Å². The Bertz CT molecular complexity index is 1500. The molecule has 0 N–H and O–H groups in total. The molecule has 0 aromatic heterocycles. The molecule has 0 aromatic carbocycles. The largest absolute Gasteiger partial charge is 0.462 e. The van der Waals surface area contributed by atoms with Gasteiger partial charge in [-0.25, -0.2) is 0 Å². The van der Waals surface area contributed by atoms with Crippen molar-refractivity contribution in [2.24, 2.45) is 0 Å². The van der Waals surface area contributed by atoms with Gasteiger partial charge >= 0.3 is 17.9 Å². The standard InChI is InChI=1S/C73H128O6/c1-4-7-10-13-16-19-22-25-26-27-28-29-30-31-32-33-34-35-36-37-38-39-40-41-42-43-44-45-46-49-51-54-57-60-63-66-72(75)78-69-70(79-73(76)67-64-61-58-55-52-48-24-21-18-15-12-9-6-3)68-77-71(74)65-62-59-56-53-50-47-23-20-17-14-11-8-5-2/h7,10,16,19-21,23-26,28-29,31-32,70H,4-6,8-9,11-15,17-18,22,27,30,33-69H2,1-3H3/b10-7-,19-16-,23-20-,24-21-,26-25-,29-28-,32-31-. The highest BCUT2D eigenvalue weighted by molar-refractivity contribution is 5.71. The molecule has 6 heteroatoms. The van der Waals surface area contributed by atoms with Gasteiger partial charge in [0.25, 0.3) is 0 Å². The van der Waals surface area contributed by atoms with Gasteiger partial charge in [-0.3, -0.25) is 14.4 Å².